The molecule has 0 amide bonds. The summed E-state index contributed by atoms with van der Waals surface area (Å²) >= 11 is 0. The molecular formula is C57H52N2. The lowest BCUT2D eigenvalue weighted by molar-refractivity contribution is 0.763. The highest BCUT2D eigenvalue weighted by atomic mass is 15.1. The van der Waals surface area contributed by atoms with Crippen molar-refractivity contribution in [3.05, 3.63) is 237 Å². The monoisotopic (exact) mass is 764 g/mol. The van der Waals surface area contributed by atoms with Crippen molar-refractivity contribution in [2.24, 2.45) is 0 Å². The van der Waals surface area contributed by atoms with Crippen LogP contribution in [0, 0.1) is 55.4 Å². The third kappa shape index (κ3) is 6.83. The fraction of sp³-hybridized carbons (Fsp3) is 0.158. The van der Waals surface area contributed by atoms with Gasteiger partial charge in [0.15, 0.2) is 0 Å². The van der Waals surface area contributed by atoms with Gasteiger partial charge < -0.3 is 9.80 Å². The lowest BCUT2D eigenvalue weighted by atomic mass is 9.66. The Morgan fingerprint density at radius 3 is 0.780 bits per heavy atom. The molecular weight excluding hydrogens is 713 g/mol. The quantitative estimate of drug-likeness (QED) is 0.152. The summed E-state index contributed by atoms with van der Waals surface area (Å²) < 4.78 is 0. The van der Waals surface area contributed by atoms with Gasteiger partial charge in [0.05, 0.1) is 5.41 Å². The first-order valence-corrected chi connectivity index (χ1v) is 20.8. The number of anilines is 6. The smallest absolute Gasteiger partial charge is 0.0715 e. The molecule has 0 saturated heterocycles. The normalized spacial score (nSPS) is 12.5. The Morgan fingerprint density at radius 2 is 0.508 bits per heavy atom. The van der Waals surface area contributed by atoms with E-state index in [1.165, 1.54) is 77.9 Å². The van der Waals surface area contributed by atoms with Gasteiger partial charge in [-0.25, -0.2) is 0 Å². The van der Waals surface area contributed by atoms with Gasteiger partial charge in [-0.15, -0.1) is 0 Å². The minimum absolute atomic E-state index is 0.622. The van der Waals surface area contributed by atoms with Crippen LogP contribution in [0.2, 0.25) is 0 Å². The average molecular weight is 765 g/mol. The van der Waals surface area contributed by atoms with Gasteiger partial charge >= 0.3 is 0 Å². The van der Waals surface area contributed by atoms with E-state index in [1.807, 2.05) is 0 Å². The SMILES string of the molecule is Cc1ccc(N(c2ccc(C)cc2)c2ccc3c(c2)C(c2cc(C)cc(C)c2)(c2cc(C)cc(C)c2)c2cc(N(c4ccc(C)cc4)c4ccc(C)cc4)ccc2-3)cc1. The highest BCUT2D eigenvalue weighted by Crippen LogP contribution is 2.59. The summed E-state index contributed by atoms with van der Waals surface area (Å²) in [5.41, 5.74) is 23.8. The third-order valence-corrected chi connectivity index (χ3v) is 12.1. The number of nitrogens with zero attached hydrogens (tertiary/aromatic N) is 2. The Bertz CT molecular complexity index is 2500. The second kappa shape index (κ2) is 14.9. The molecule has 0 fully saturated rings. The van der Waals surface area contributed by atoms with Crippen LogP contribution in [0.5, 0.6) is 0 Å². The maximum absolute atomic E-state index is 2.49. The molecule has 290 valence electrons. The van der Waals surface area contributed by atoms with Gasteiger partial charge in [-0.1, -0.05) is 142 Å². The molecule has 0 aliphatic heterocycles. The molecule has 2 nitrogen and oxygen atoms in total. The van der Waals surface area contributed by atoms with Crippen molar-refractivity contribution in [1.29, 1.82) is 0 Å². The van der Waals surface area contributed by atoms with Crippen molar-refractivity contribution < 1.29 is 0 Å². The average Bonchev–Trinajstić information content (AvgIpc) is 3.50. The van der Waals surface area contributed by atoms with E-state index in [4.69, 9.17) is 0 Å². The van der Waals surface area contributed by atoms with Gasteiger partial charge in [0.25, 0.3) is 0 Å². The predicted octanol–water partition coefficient (Wildman–Crippen LogP) is 15.5. The van der Waals surface area contributed by atoms with Crippen LogP contribution in [-0.2, 0) is 5.41 Å². The van der Waals surface area contributed by atoms with Crippen LogP contribution in [0.4, 0.5) is 34.1 Å². The molecule has 0 heterocycles. The summed E-state index contributed by atoms with van der Waals surface area (Å²) in [6.45, 7) is 17.6. The maximum Gasteiger partial charge on any atom is 0.0715 e. The van der Waals surface area contributed by atoms with Crippen LogP contribution >= 0.6 is 0 Å². The zero-order valence-corrected chi connectivity index (χ0v) is 35.6. The van der Waals surface area contributed by atoms with Gasteiger partial charge in [0.2, 0.25) is 0 Å². The zero-order chi connectivity index (χ0) is 41.0. The van der Waals surface area contributed by atoms with Crippen molar-refractivity contribution in [2.45, 2.75) is 60.8 Å². The molecule has 0 spiro atoms. The molecule has 0 unspecified atom stereocenters. The lowest BCUT2D eigenvalue weighted by Gasteiger charge is -2.36. The molecule has 1 aliphatic rings. The Labute approximate surface area is 351 Å². The van der Waals surface area contributed by atoms with Crippen LogP contribution in [0.3, 0.4) is 0 Å². The largest absolute Gasteiger partial charge is 0.310 e. The van der Waals surface area contributed by atoms with Gasteiger partial charge in [-0.05, 0) is 162 Å². The van der Waals surface area contributed by atoms with E-state index in [1.54, 1.807) is 0 Å². The molecule has 59 heavy (non-hydrogen) atoms. The summed E-state index contributed by atoms with van der Waals surface area (Å²) in [7, 11) is 0. The van der Waals surface area contributed by atoms with Crippen molar-refractivity contribution in [2.75, 3.05) is 9.80 Å². The van der Waals surface area contributed by atoms with E-state index in [0.717, 1.165) is 34.1 Å². The summed E-state index contributed by atoms with van der Waals surface area (Å²) in [5, 5.41) is 0. The first kappa shape index (κ1) is 37.9. The van der Waals surface area contributed by atoms with Gasteiger partial charge in [0.1, 0.15) is 0 Å². The standard InChI is InChI=1S/C57H52N2/c1-37-9-17-47(18-10-37)58(48-19-11-38(2)12-20-48)51-25-27-53-54-28-26-52(59(49-21-13-39(3)14-22-49)50-23-15-40(4)16-24-50)36-56(54)57(55(53)35-51,45-31-41(5)29-42(6)32-45)46-33-43(7)30-44(8)34-46/h9-36H,1-8H3. The summed E-state index contributed by atoms with van der Waals surface area (Å²) in [5.74, 6) is 0. The minimum Gasteiger partial charge on any atom is -0.310 e. The highest BCUT2D eigenvalue weighted by Gasteiger charge is 2.47. The molecule has 0 radical (unpaired) electrons. The summed E-state index contributed by atoms with van der Waals surface area (Å²) in [4.78, 5) is 4.83. The summed E-state index contributed by atoms with van der Waals surface area (Å²) in [6, 6.07) is 64.4. The molecule has 0 aromatic heterocycles. The highest BCUT2D eigenvalue weighted by molar-refractivity contribution is 5.92. The minimum atomic E-state index is -0.622. The number of aryl methyl sites for hydroxylation is 8. The van der Waals surface area contributed by atoms with Crippen molar-refractivity contribution in [1.82, 2.24) is 0 Å². The van der Waals surface area contributed by atoms with E-state index >= 15 is 0 Å². The predicted molar refractivity (Wildman–Crippen MR) is 251 cm³/mol. The second-order valence-electron chi connectivity index (χ2n) is 17.0. The van der Waals surface area contributed by atoms with E-state index in [2.05, 4.69) is 235 Å². The van der Waals surface area contributed by atoms with E-state index in [-0.39, 0.29) is 0 Å². The van der Waals surface area contributed by atoms with Crippen molar-refractivity contribution in [3.8, 4) is 11.1 Å². The van der Waals surface area contributed by atoms with Crippen LogP contribution in [0.1, 0.15) is 66.8 Å². The topological polar surface area (TPSA) is 6.48 Å². The Balaban J connectivity index is 1.37. The second-order valence-corrected chi connectivity index (χ2v) is 17.0. The van der Waals surface area contributed by atoms with E-state index in [9.17, 15) is 0 Å². The Morgan fingerprint density at radius 1 is 0.254 bits per heavy atom. The van der Waals surface area contributed by atoms with Crippen molar-refractivity contribution in [3.63, 3.8) is 0 Å². The van der Waals surface area contributed by atoms with Gasteiger partial charge in [0, 0.05) is 34.1 Å². The van der Waals surface area contributed by atoms with Crippen molar-refractivity contribution >= 4 is 34.1 Å². The fourth-order valence-electron chi connectivity index (χ4n) is 9.42. The Hall–Kier alpha value is -6.64. The first-order chi connectivity index (χ1) is 28.5. The molecule has 9 rings (SSSR count). The van der Waals surface area contributed by atoms with Crippen LogP contribution in [-0.4, -0.2) is 0 Å². The molecule has 0 bridgehead atoms. The van der Waals surface area contributed by atoms with Crippen LogP contribution < -0.4 is 9.80 Å². The maximum atomic E-state index is 2.49. The lowest BCUT2D eigenvalue weighted by Crippen LogP contribution is -2.29. The van der Waals surface area contributed by atoms with Crippen LogP contribution in [0.25, 0.3) is 11.1 Å². The molecule has 0 saturated carbocycles. The number of hydrogen-bond acceptors (Lipinski definition) is 2. The van der Waals surface area contributed by atoms with Crippen LogP contribution in [0.15, 0.2) is 170 Å². The molecule has 0 atom stereocenters. The number of hydrogen-bond donors (Lipinski definition) is 0. The molecule has 0 N–H and O–H groups in total. The van der Waals surface area contributed by atoms with E-state index in [0.29, 0.717) is 0 Å². The number of fused-ring (bicyclic) bond motifs is 3. The molecule has 1 aliphatic carbocycles. The fourth-order valence-corrected chi connectivity index (χ4v) is 9.42. The van der Waals surface area contributed by atoms with E-state index < -0.39 is 5.41 Å². The third-order valence-electron chi connectivity index (χ3n) is 12.1. The van der Waals surface area contributed by atoms with Gasteiger partial charge in [-0.2, -0.15) is 0 Å². The molecule has 8 aromatic rings. The molecule has 8 aromatic carbocycles. The number of benzene rings is 8. The molecule has 2 heteroatoms. The summed E-state index contributed by atoms with van der Waals surface area (Å²) in [6.07, 6.45) is 0. The Kier molecular flexibility index (Phi) is 9.60. The zero-order valence-electron chi connectivity index (χ0n) is 35.6. The first-order valence-electron chi connectivity index (χ1n) is 20.8. The number of rotatable bonds is 8. The van der Waals surface area contributed by atoms with Gasteiger partial charge in [-0.3, -0.25) is 0 Å².